The average Bonchev–Trinajstić information content (AvgIpc) is 3.20. The molecule has 1 saturated carbocycles. The maximum Gasteiger partial charge on any atom is 0.253 e. The summed E-state index contributed by atoms with van der Waals surface area (Å²) >= 11 is 0. The van der Waals surface area contributed by atoms with E-state index in [1.54, 1.807) is 0 Å². The summed E-state index contributed by atoms with van der Waals surface area (Å²) < 4.78 is 0. The van der Waals surface area contributed by atoms with Gasteiger partial charge in [-0.3, -0.25) is 9.59 Å². The van der Waals surface area contributed by atoms with Gasteiger partial charge in [0.25, 0.3) is 5.91 Å². The Morgan fingerprint density at radius 3 is 2.34 bits per heavy atom. The summed E-state index contributed by atoms with van der Waals surface area (Å²) in [5.74, 6) is 0.505. The fourth-order valence-corrected chi connectivity index (χ4v) is 4.62. The summed E-state index contributed by atoms with van der Waals surface area (Å²) in [6.45, 7) is 5.67. The second-order valence-electron chi connectivity index (χ2n) is 8.72. The van der Waals surface area contributed by atoms with Gasteiger partial charge in [-0.2, -0.15) is 0 Å². The second-order valence-corrected chi connectivity index (χ2v) is 8.72. The van der Waals surface area contributed by atoms with Gasteiger partial charge in [-0.1, -0.05) is 18.6 Å². The summed E-state index contributed by atoms with van der Waals surface area (Å²) in [7, 11) is 0. The third-order valence-electron chi connectivity index (χ3n) is 6.72. The molecule has 2 amide bonds. The maximum atomic E-state index is 12.8. The minimum Gasteiger partial charge on any atom is -0.371 e. The lowest BCUT2D eigenvalue weighted by Crippen LogP contribution is -2.47. The van der Waals surface area contributed by atoms with Crippen LogP contribution in [0.2, 0.25) is 0 Å². The molecule has 2 heterocycles. The topological polar surface area (TPSA) is 64.7 Å². The third-order valence-corrected chi connectivity index (χ3v) is 6.72. The molecule has 2 saturated heterocycles. The number of para-hydroxylation sites is 1. The van der Waals surface area contributed by atoms with Crippen molar-refractivity contribution in [1.82, 2.24) is 15.5 Å². The van der Waals surface area contributed by atoms with E-state index in [2.05, 4.69) is 20.4 Å². The lowest BCUT2D eigenvalue weighted by molar-refractivity contribution is -0.128. The number of anilines is 1. The Kier molecular flexibility index (Phi) is 6.70. The Hall–Kier alpha value is -2.08. The predicted molar refractivity (Wildman–Crippen MR) is 115 cm³/mol. The fraction of sp³-hybridized carbons (Fsp3) is 0.652. The molecule has 0 aromatic heterocycles. The van der Waals surface area contributed by atoms with E-state index >= 15 is 0 Å². The molecular formula is C23H34N4O2. The molecule has 1 aromatic rings. The van der Waals surface area contributed by atoms with Gasteiger partial charge in [-0.05, 0) is 63.7 Å². The molecule has 1 aliphatic carbocycles. The molecule has 29 heavy (non-hydrogen) atoms. The zero-order valence-corrected chi connectivity index (χ0v) is 17.4. The van der Waals surface area contributed by atoms with Crippen LogP contribution in [0.15, 0.2) is 24.3 Å². The first-order chi connectivity index (χ1) is 14.2. The SMILES string of the molecule is O=C(NCCN1CCCC1)c1ccccc1N1CCC(NC(=O)C2CCC2)CC1. The van der Waals surface area contributed by atoms with Crippen molar-refractivity contribution in [3.63, 3.8) is 0 Å². The summed E-state index contributed by atoms with van der Waals surface area (Å²) in [4.78, 5) is 29.7. The number of nitrogens with zero attached hydrogens (tertiary/aromatic N) is 2. The zero-order chi connectivity index (χ0) is 20.1. The van der Waals surface area contributed by atoms with E-state index in [0.29, 0.717) is 6.54 Å². The Morgan fingerprint density at radius 2 is 1.66 bits per heavy atom. The van der Waals surface area contributed by atoms with E-state index in [1.165, 1.54) is 19.3 Å². The lowest BCUT2D eigenvalue weighted by atomic mass is 9.84. The summed E-state index contributed by atoms with van der Waals surface area (Å²) in [5, 5.41) is 6.34. The lowest BCUT2D eigenvalue weighted by Gasteiger charge is -2.36. The number of rotatable bonds is 7. The molecule has 3 fully saturated rings. The largest absolute Gasteiger partial charge is 0.371 e. The maximum absolute atomic E-state index is 12.8. The van der Waals surface area contributed by atoms with E-state index < -0.39 is 0 Å². The monoisotopic (exact) mass is 398 g/mol. The molecule has 1 aromatic carbocycles. The molecule has 0 radical (unpaired) electrons. The van der Waals surface area contributed by atoms with Gasteiger partial charge in [-0.15, -0.1) is 0 Å². The first-order valence-corrected chi connectivity index (χ1v) is 11.4. The standard InChI is InChI=1S/C23H34N4O2/c28-22(18-6-5-7-18)25-19-10-15-27(16-11-19)21-9-2-1-8-20(21)23(29)24-12-17-26-13-3-4-14-26/h1-2,8-9,18-19H,3-7,10-17H2,(H,24,29)(H,25,28). The highest BCUT2D eigenvalue weighted by molar-refractivity contribution is 5.99. The van der Waals surface area contributed by atoms with Crippen LogP contribution >= 0.6 is 0 Å². The highest BCUT2D eigenvalue weighted by Gasteiger charge is 2.29. The average molecular weight is 399 g/mol. The van der Waals surface area contributed by atoms with Crippen LogP contribution in [0.5, 0.6) is 0 Å². The van der Waals surface area contributed by atoms with Gasteiger partial charge < -0.3 is 20.4 Å². The Bertz CT molecular complexity index is 705. The molecule has 6 nitrogen and oxygen atoms in total. The first kappa shape index (κ1) is 20.2. The molecule has 0 spiro atoms. The number of benzene rings is 1. The molecule has 3 aliphatic rings. The number of hydrogen-bond donors (Lipinski definition) is 2. The van der Waals surface area contributed by atoms with Crippen LogP contribution in [0.4, 0.5) is 5.69 Å². The van der Waals surface area contributed by atoms with Gasteiger partial charge >= 0.3 is 0 Å². The van der Waals surface area contributed by atoms with E-state index in [0.717, 1.165) is 69.7 Å². The van der Waals surface area contributed by atoms with Gasteiger partial charge in [0.2, 0.25) is 5.91 Å². The summed E-state index contributed by atoms with van der Waals surface area (Å²) in [6, 6.07) is 8.17. The van der Waals surface area contributed by atoms with Gasteiger partial charge in [0.05, 0.1) is 5.56 Å². The summed E-state index contributed by atoms with van der Waals surface area (Å²) in [6.07, 6.45) is 7.69. The van der Waals surface area contributed by atoms with Crippen LogP contribution in [-0.2, 0) is 4.79 Å². The van der Waals surface area contributed by atoms with Crippen molar-refractivity contribution in [2.24, 2.45) is 5.92 Å². The molecule has 2 aliphatic heterocycles. The highest BCUT2D eigenvalue weighted by Crippen LogP contribution is 2.28. The van der Waals surface area contributed by atoms with E-state index in [1.807, 2.05) is 24.3 Å². The van der Waals surface area contributed by atoms with Crippen molar-refractivity contribution >= 4 is 17.5 Å². The third kappa shape index (κ3) is 5.10. The Morgan fingerprint density at radius 1 is 0.931 bits per heavy atom. The van der Waals surface area contributed by atoms with Gasteiger partial charge in [-0.25, -0.2) is 0 Å². The zero-order valence-electron chi connectivity index (χ0n) is 17.4. The van der Waals surface area contributed by atoms with Gasteiger partial charge in [0.15, 0.2) is 0 Å². The number of nitrogens with one attached hydrogen (secondary N) is 2. The van der Waals surface area contributed by atoms with Crippen molar-refractivity contribution in [1.29, 1.82) is 0 Å². The normalized spacial score (nSPS) is 21.0. The van der Waals surface area contributed by atoms with Crippen molar-refractivity contribution in [3.8, 4) is 0 Å². The number of likely N-dealkylation sites (tertiary alicyclic amines) is 1. The Balaban J connectivity index is 1.28. The van der Waals surface area contributed by atoms with Crippen LogP contribution in [0.1, 0.15) is 55.3 Å². The Labute approximate surface area is 174 Å². The molecule has 0 bridgehead atoms. The fourth-order valence-electron chi connectivity index (χ4n) is 4.62. The summed E-state index contributed by atoms with van der Waals surface area (Å²) in [5.41, 5.74) is 1.76. The van der Waals surface area contributed by atoms with Crippen LogP contribution in [0, 0.1) is 5.92 Å². The van der Waals surface area contributed by atoms with Gasteiger partial charge in [0, 0.05) is 43.8 Å². The number of amides is 2. The number of hydrogen-bond acceptors (Lipinski definition) is 4. The van der Waals surface area contributed by atoms with Crippen molar-refractivity contribution in [2.75, 3.05) is 44.2 Å². The van der Waals surface area contributed by atoms with E-state index in [9.17, 15) is 9.59 Å². The smallest absolute Gasteiger partial charge is 0.253 e. The first-order valence-electron chi connectivity index (χ1n) is 11.4. The highest BCUT2D eigenvalue weighted by atomic mass is 16.2. The molecule has 6 heteroatoms. The van der Waals surface area contributed by atoms with Gasteiger partial charge in [0.1, 0.15) is 0 Å². The van der Waals surface area contributed by atoms with Crippen LogP contribution in [0.25, 0.3) is 0 Å². The molecule has 4 rings (SSSR count). The number of piperidine rings is 1. The minimum absolute atomic E-state index is 0.0141. The predicted octanol–water partition coefficient (Wildman–Crippen LogP) is 2.40. The van der Waals surface area contributed by atoms with E-state index in [4.69, 9.17) is 0 Å². The van der Waals surface area contributed by atoms with Crippen LogP contribution < -0.4 is 15.5 Å². The number of carbonyl (C=O) groups excluding carboxylic acids is 2. The minimum atomic E-state index is 0.0141. The van der Waals surface area contributed by atoms with Crippen LogP contribution in [-0.4, -0.2) is 62.0 Å². The molecule has 2 N–H and O–H groups in total. The molecule has 158 valence electrons. The van der Waals surface area contributed by atoms with Crippen molar-refractivity contribution in [2.45, 2.75) is 51.0 Å². The van der Waals surface area contributed by atoms with Crippen molar-refractivity contribution in [3.05, 3.63) is 29.8 Å². The molecule has 0 unspecified atom stereocenters. The molecule has 0 atom stereocenters. The quantitative estimate of drug-likeness (QED) is 0.740. The number of carbonyl (C=O) groups is 2. The second kappa shape index (κ2) is 9.61. The molecular weight excluding hydrogens is 364 g/mol. The van der Waals surface area contributed by atoms with E-state index in [-0.39, 0.29) is 23.8 Å². The van der Waals surface area contributed by atoms with Crippen LogP contribution in [0.3, 0.4) is 0 Å². The van der Waals surface area contributed by atoms with Crippen molar-refractivity contribution < 1.29 is 9.59 Å².